The van der Waals surface area contributed by atoms with E-state index in [0.29, 0.717) is 31.7 Å². The minimum atomic E-state index is -0.531. The van der Waals surface area contributed by atoms with Crippen LogP contribution in [0.4, 0.5) is 0 Å². The third-order valence-corrected chi connectivity index (χ3v) is 3.86. The smallest absolute Gasteiger partial charge is 0.263 e. The topological polar surface area (TPSA) is 72.6 Å². The number of carbonyl (C=O) groups excluding carboxylic acids is 2. The number of hydrogen-bond acceptors (Lipinski definition) is 3. The van der Waals surface area contributed by atoms with Gasteiger partial charge >= 0.3 is 0 Å². The molecule has 0 aromatic heterocycles. The molecule has 2 N–H and O–H groups in total. The van der Waals surface area contributed by atoms with Gasteiger partial charge in [-0.05, 0) is 44.4 Å². The van der Waals surface area contributed by atoms with Crippen molar-refractivity contribution in [2.24, 2.45) is 11.7 Å². The molecule has 2 amide bonds. The second-order valence-electron chi connectivity index (χ2n) is 5.58. The molecule has 0 spiro atoms. The maximum Gasteiger partial charge on any atom is 0.263 e. The standard InChI is InChI=1S/C16H22N2O3/c1-11-4-3-5-14(10-11)21-12(2)16(20)18-8-6-13(7-9-18)15(17)19/h3-5,10,12-13H,6-9H2,1-2H3,(H2,17,19). The first-order valence-electron chi connectivity index (χ1n) is 7.29. The van der Waals surface area contributed by atoms with E-state index in [1.54, 1.807) is 11.8 Å². The van der Waals surface area contributed by atoms with Crippen molar-refractivity contribution in [3.8, 4) is 5.75 Å². The van der Waals surface area contributed by atoms with Crippen LogP contribution in [0, 0.1) is 12.8 Å². The van der Waals surface area contributed by atoms with Gasteiger partial charge in [0.2, 0.25) is 5.91 Å². The number of primary amides is 1. The lowest BCUT2D eigenvalue weighted by atomic mass is 9.96. The first-order valence-corrected chi connectivity index (χ1v) is 7.29. The third-order valence-electron chi connectivity index (χ3n) is 3.86. The number of ether oxygens (including phenoxy) is 1. The first-order chi connectivity index (χ1) is 9.97. The molecule has 114 valence electrons. The number of hydrogen-bond donors (Lipinski definition) is 1. The van der Waals surface area contributed by atoms with E-state index in [2.05, 4.69) is 0 Å². The molecule has 0 bridgehead atoms. The fraction of sp³-hybridized carbons (Fsp3) is 0.500. The van der Waals surface area contributed by atoms with Crippen LogP contribution in [0.25, 0.3) is 0 Å². The molecular formula is C16H22N2O3. The number of rotatable bonds is 4. The Bertz CT molecular complexity index is 522. The van der Waals surface area contributed by atoms with Crippen LogP contribution in [0.1, 0.15) is 25.3 Å². The minimum absolute atomic E-state index is 0.0422. The SMILES string of the molecule is Cc1cccc(OC(C)C(=O)N2CCC(C(N)=O)CC2)c1. The van der Waals surface area contributed by atoms with Crippen LogP contribution >= 0.6 is 0 Å². The molecule has 2 rings (SSSR count). The van der Waals surface area contributed by atoms with Crippen LogP contribution < -0.4 is 10.5 Å². The molecule has 1 fully saturated rings. The Kier molecular flexibility index (Phi) is 4.83. The Morgan fingerprint density at radius 1 is 1.33 bits per heavy atom. The molecule has 1 atom stereocenters. The van der Waals surface area contributed by atoms with Crippen LogP contribution in [0.15, 0.2) is 24.3 Å². The molecule has 1 aromatic rings. The predicted molar refractivity (Wildman–Crippen MR) is 79.8 cm³/mol. The second-order valence-corrected chi connectivity index (χ2v) is 5.58. The predicted octanol–water partition coefficient (Wildman–Crippen LogP) is 1.49. The highest BCUT2D eigenvalue weighted by molar-refractivity contribution is 5.82. The molecule has 0 radical (unpaired) electrons. The Labute approximate surface area is 125 Å². The average molecular weight is 290 g/mol. The second kappa shape index (κ2) is 6.61. The van der Waals surface area contributed by atoms with E-state index in [1.165, 1.54) is 0 Å². The number of carbonyl (C=O) groups is 2. The maximum atomic E-state index is 12.3. The zero-order chi connectivity index (χ0) is 15.4. The molecule has 0 saturated carbocycles. The molecule has 0 aliphatic carbocycles. The van der Waals surface area contributed by atoms with Crippen molar-refractivity contribution in [3.63, 3.8) is 0 Å². The summed E-state index contributed by atoms with van der Waals surface area (Å²) in [7, 11) is 0. The number of benzene rings is 1. The largest absolute Gasteiger partial charge is 0.481 e. The lowest BCUT2D eigenvalue weighted by Gasteiger charge is -2.32. The van der Waals surface area contributed by atoms with Gasteiger partial charge in [0, 0.05) is 19.0 Å². The first kappa shape index (κ1) is 15.4. The lowest BCUT2D eigenvalue weighted by Crippen LogP contribution is -2.46. The zero-order valence-electron chi connectivity index (χ0n) is 12.5. The van der Waals surface area contributed by atoms with Crippen LogP contribution in [0.2, 0.25) is 0 Å². The highest BCUT2D eigenvalue weighted by atomic mass is 16.5. The Balaban J connectivity index is 1.90. The number of nitrogens with two attached hydrogens (primary N) is 1. The van der Waals surface area contributed by atoms with Gasteiger partial charge in [0.1, 0.15) is 5.75 Å². The van der Waals surface area contributed by atoms with Crippen LogP contribution in [0.5, 0.6) is 5.75 Å². The van der Waals surface area contributed by atoms with Crippen LogP contribution in [-0.2, 0) is 9.59 Å². The summed E-state index contributed by atoms with van der Waals surface area (Å²) in [4.78, 5) is 25.2. The number of piperidine rings is 1. The van der Waals surface area contributed by atoms with Gasteiger partial charge in [-0.25, -0.2) is 0 Å². The number of likely N-dealkylation sites (tertiary alicyclic amines) is 1. The van der Waals surface area contributed by atoms with Gasteiger partial charge in [0.25, 0.3) is 5.91 Å². The maximum absolute atomic E-state index is 12.3. The van der Waals surface area contributed by atoms with E-state index < -0.39 is 6.10 Å². The molecule has 1 saturated heterocycles. The van der Waals surface area contributed by atoms with Crippen LogP contribution in [0.3, 0.4) is 0 Å². The van der Waals surface area contributed by atoms with Gasteiger partial charge in [-0.15, -0.1) is 0 Å². The number of aryl methyl sites for hydroxylation is 1. The molecule has 1 aliphatic heterocycles. The van der Waals surface area contributed by atoms with Crippen molar-refractivity contribution in [3.05, 3.63) is 29.8 Å². The van der Waals surface area contributed by atoms with Gasteiger partial charge in [0.05, 0.1) is 0 Å². The third kappa shape index (κ3) is 3.97. The fourth-order valence-electron chi connectivity index (χ4n) is 2.58. The van der Waals surface area contributed by atoms with Crippen molar-refractivity contribution in [2.45, 2.75) is 32.8 Å². The summed E-state index contributed by atoms with van der Waals surface area (Å²) in [6.07, 6.45) is 0.744. The van der Waals surface area contributed by atoms with E-state index in [1.807, 2.05) is 31.2 Å². The van der Waals surface area contributed by atoms with E-state index in [9.17, 15) is 9.59 Å². The van der Waals surface area contributed by atoms with Gasteiger partial charge in [0.15, 0.2) is 6.10 Å². The van der Waals surface area contributed by atoms with Crippen molar-refractivity contribution >= 4 is 11.8 Å². The normalized spacial score (nSPS) is 17.3. The van der Waals surface area contributed by atoms with Gasteiger partial charge in [-0.2, -0.15) is 0 Å². The summed E-state index contributed by atoms with van der Waals surface area (Å²) < 4.78 is 5.70. The van der Waals surface area contributed by atoms with E-state index in [-0.39, 0.29) is 17.7 Å². The minimum Gasteiger partial charge on any atom is -0.481 e. The summed E-state index contributed by atoms with van der Waals surface area (Å²) in [5, 5.41) is 0. The molecule has 1 heterocycles. The monoisotopic (exact) mass is 290 g/mol. The van der Waals surface area contributed by atoms with Crippen molar-refractivity contribution < 1.29 is 14.3 Å². The van der Waals surface area contributed by atoms with Gasteiger partial charge < -0.3 is 15.4 Å². The average Bonchev–Trinajstić information content (AvgIpc) is 2.46. The van der Waals surface area contributed by atoms with Gasteiger partial charge in [-0.3, -0.25) is 9.59 Å². The van der Waals surface area contributed by atoms with Crippen LogP contribution in [-0.4, -0.2) is 35.9 Å². The fourth-order valence-corrected chi connectivity index (χ4v) is 2.58. The zero-order valence-corrected chi connectivity index (χ0v) is 12.5. The molecular weight excluding hydrogens is 268 g/mol. The van der Waals surface area contributed by atoms with Crippen molar-refractivity contribution in [2.75, 3.05) is 13.1 Å². The quantitative estimate of drug-likeness (QED) is 0.913. The Morgan fingerprint density at radius 3 is 2.57 bits per heavy atom. The molecule has 5 heteroatoms. The summed E-state index contributed by atoms with van der Waals surface area (Å²) in [6.45, 7) is 4.86. The highest BCUT2D eigenvalue weighted by Crippen LogP contribution is 2.19. The Morgan fingerprint density at radius 2 is 2.00 bits per heavy atom. The summed E-state index contributed by atoms with van der Waals surface area (Å²) in [6, 6.07) is 7.63. The Hall–Kier alpha value is -2.04. The summed E-state index contributed by atoms with van der Waals surface area (Å²) in [5.74, 6) is 0.274. The molecule has 1 unspecified atom stereocenters. The van der Waals surface area contributed by atoms with Gasteiger partial charge in [-0.1, -0.05) is 12.1 Å². The van der Waals surface area contributed by atoms with E-state index >= 15 is 0 Å². The molecule has 5 nitrogen and oxygen atoms in total. The molecule has 1 aromatic carbocycles. The summed E-state index contributed by atoms with van der Waals surface area (Å²) >= 11 is 0. The van der Waals surface area contributed by atoms with E-state index in [0.717, 1.165) is 5.56 Å². The molecule has 1 aliphatic rings. The number of amides is 2. The summed E-state index contributed by atoms with van der Waals surface area (Å²) in [5.41, 5.74) is 6.39. The number of nitrogens with zero attached hydrogens (tertiary/aromatic N) is 1. The van der Waals surface area contributed by atoms with Crippen molar-refractivity contribution in [1.29, 1.82) is 0 Å². The van der Waals surface area contributed by atoms with Crippen molar-refractivity contribution in [1.82, 2.24) is 4.90 Å². The van der Waals surface area contributed by atoms with E-state index in [4.69, 9.17) is 10.5 Å². The lowest BCUT2D eigenvalue weighted by molar-refractivity contribution is -0.140. The highest BCUT2D eigenvalue weighted by Gasteiger charge is 2.28. The molecule has 21 heavy (non-hydrogen) atoms.